The zero-order valence-electron chi connectivity index (χ0n) is 11.0. The quantitative estimate of drug-likeness (QED) is 0.630. The minimum atomic E-state index is -0.422. The van der Waals surface area contributed by atoms with E-state index < -0.39 is 4.92 Å². The molecule has 0 aliphatic carbocycles. The number of nitro benzene ring substituents is 1. The van der Waals surface area contributed by atoms with E-state index in [0.29, 0.717) is 5.02 Å². The molecule has 1 aliphatic rings. The molecular weight excluding hydrogens is 266 g/mol. The summed E-state index contributed by atoms with van der Waals surface area (Å²) in [6, 6.07) is 4.69. The molecule has 0 radical (unpaired) electrons. The Morgan fingerprint density at radius 1 is 1.32 bits per heavy atom. The molecule has 0 saturated carbocycles. The molecule has 1 fully saturated rings. The van der Waals surface area contributed by atoms with E-state index >= 15 is 0 Å². The highest BCUT2D eigenvalue weighted by Crippen LogP contribution is 2.30. The van der Waals surface area contributed by atoms with Crippen LogP contribution in [-0.4, -0.2) is 42.5 Å². The van der Waals surface area contributed by atoms with Crippen molar-refractivity contribution in [1.82, 2.24) is 4.90 Å². The Labute approximate surface area is 117 Å². The Balaban J connectivity index is 2.05. The summed E-state index contributed by atoms with van der Waals surface area (Å²) in [4.78, 5) is 14.9. The molecule has 104 valence electrons. The molecule has 0 bridgehead atoms. The van der Waals surface area contributed by atoms with E-state index in [1.165, 1.54) is 12.1 Å². The predicted octanol–water partition coefficient (Wildman–Crippen LogP) is 2.78. The normalized spacial score (nSPS) is 16.6. The topological polar surface area (TPSA) is 49.6 Å². The van der Waals surface area contributed by atoms with Gasteiger partial charge in [-0.25, -0.2) is 0 Å². The van der Waals surface area contributed by atoms with Crippen LogP contribution in [0.3, 0.4) is 0 Å². The van der Waals surface area contributed by atoms with Crippen LogP contribution in [0, 0.1) is 10.1 Å². The van der Waals surface area contributed by atoms with E-state index in [0.717, 1.165) is 44.8 Å². The van der Waals surface area contributed by atoms with Gasteiger partial charge in [-0.05, 0) is 19.0 Å². The van der Waals surface area contributed by atoms with E-state index in [2.05, 4.69) is 16.7 Å². The van der Waals surface area contributed by atoms with Crippen LogP contribution in [0.5, 0.6) is 0 Å². The van der Waals surface area contributed by atoms with E-state index in [-0.39, 0.29) is 5.69 Å². The molecule has 0 unspecified atom stereocenters. The summed E-state index contributed by atoms with van der Waals surface area (Å²) >= 11 is 6.14. The first-order valence-corrected chi connectivity index (χ1v) is 6.91. The summed E-state index contributed by atoms with van der Waals surface area (Å²) in [5.41, 5.74) is 0.932. The van der Waals surface area contributed by atoms with Crippen LogP contribution in [0.4, 0.5) is 11.4 Å². The van der Waals surface area contributed by atoms with Crippen molar-refractivity contribution in [3.8, 4) is 0 Å². The van der Waals surface area contributed by atoms with Gasteiger partial charge in [-0.1, -0.05) is 18.5 Å². The molecule has 0 aromatic heterocycles. The average Bonchev–Trinajstić information content (AvgIpc) is 2.40. The zero-order valence-corrected chi connectivity index (χ0v) is 11.8. The van der Waals surface area contributed by atoms with Crippen molar-refractivity contribution in [2.75, 3.05) is 37.6 Å². The molecule has 0 atom stereocenters. The molecule has 6 heteroatoms. The highest BCUT2D eigenvalue weighted by molar-refractivity contribution is 6.33. The maximum absolute atomic E-state index is 10.7. The van der Waals surface area contributed by atoms with Crippen molar-refractivity contribution in [3.05, 3.63) is 33.3 Å². The van der Waals surface area contributed by atoms with Crippen molar-refractivity contribution in [1.29, 1.82) is 0 Å². The highest BCUT2D eigenvalue weighted by Gasteiger charge is 2.19. The van der Waals surface area contributed by atoms with Gasteiger partial charge in [0.05, 0.1) is 15.6 Å². The highest BCUT2D eigenvalue weighted by atomic mass is 35.5. The molecule has 0 N–H and O–H groups in total. The summed E-state index contributed by atoms with van der Waals surface area (Å²) in [6.45, 7) is 7.17. The van der Waals surface area contributed by atoms with E-state index in [1.54, 1.807) is 6.07 Å². The number of hydrogen-bond donors (Lipinski definition) is 0. The Hall–Kier alpha value is -1.33. The number of hydrogen-bond acceptors (Lipinski definition) is 4. The fourth-order valence-corrected chi connectivity index (χ4v) is 2.69. The van der Waals surface area contributed by atoms with Crippen LogP contribution in [0.1, 0.15) is 13.3 Å². The number of rotatable bonds is 4. The van der Waals surface area contributed by atoms with Gasteiger partial charge in [-0.2, -0.15) is 0 Å². The van der Waals surface area contributed by atoms with Gasteiger partial charge < -0.3 is 4.90 Å². The molecule has 1 saturated heterocycles. The summed E-state index contributed by atoms with van der Waals surface area (Å²) < 4.78 is 0. The Morgan fingerprint density at radius 3 is 2.53 bits per heavy atom. The van der Waals surface area contributed by atoms with Crippen LogP contribution in [-0.2, 0) is 0 Å². The van der Waals surface area contributed by atoms with Gasteiger partial charge in [-0.15, -0.1) is 0 Å². The number of nitro groups is 1. The number of piperazine rings is 1. The molecule has 1 heterocycles. The number of benzene rings is 1. The van der Waals surface area contributed by atoms with E-state index in [9.17, 15) is 10.1 Å². The Bertz CT molecular complexity index is 459. The maximum Gasteiger partial charge on any atom is 0.271 e. The average molecular weight is 284 g/mol. The largest absolute Gasteiger partial charge is 0.368 e. The monoisotopic (exact) mass is 283 g/mol. The smallest absolute Gasteiger partial charge is 0.271 e. The molecule has 0 amide bonds. The third-order valence-corrected chi connectivity index (χ3v) is 3.70. The molecule has 1 aliphatic heterocycles. The lowest BCUT2D eigenvalue weighted by atomic mass is 10.2. The Morgan fingerprint density at radius 2 is 2.00 bits per heavy atom. The second-order valence-electron chi connectivity index (χ2n) is 4.72. The molecule has 1 aromatic carbocycles. The fraction of sp³-hybridized carbons (Fsp3) is 0.538. The van der Waals surface area contributed by atoms with Crippen molar-refractivity contribution in [2.24, 2.45) is 0 Å². The van der Waals surface area contributed by atoms with Gasteiger partial charge >= 0.3 is 0 Å². The van der Waals surface area contributed by atoms with Gasteiger partial charge in [-0.3, -0.25) is 15.0 Å². The third-order valence-electron chi connectivity index (χ3n) is 3.39. The van der Waals surface area contributed by atoms with Crippen molar-refractivity contribution < 1.29 is 4.92 Å². The van der Waals surface area contributed by atoms with Gasteiger partial charge in [0.1, 0.15) is 0 Å². The number of non-ortho nitro benzene ring substituents is 1. The van der Waals surface area contributed by atoms with Gasteiger partial charge in [0.15, 0.2) is 0 Å². The van der Waals surface area contributed by atoms with E-state index in [4.69, 9.17) is 11.6 Å². The first kappa shape index (κ1) is 14.1. The summed E-state index contributed by atoms with van der Waals surface area (Å²) in [5.74, 6) is 0. The lowest BCUT2D eigenvalue weighted by Gasteiger charge is -2.36. The number of halogens is 1. The third kappa shape index (κ3) is 3.36. The second-order valence-corrected chi connectivity index (χ2v) is 5.13. The summed E-state index contributed by atoms with van der Waals surface area (Å²) in [7, 11) is 0. The SMILES string of the molecule is CCCN1CCN(c2ccc([N+](=O)[O-])cc2Cl)CC1. The van der Waals surface area contributed by atoms with Crippen LogP contribution in [0.25, 0.3) is 0 Å². The predicted molar refractivity (Wildman–Crippen MR) is 77.1 cm³/mol. The van der Waals surface area contributed by atoms with Gasteiger partial charge in [0.2, 0.25) is 0 Å². The fourth-order valence-electron chi connectivity index (χ4n) is 2.39. The van der Waals surface area contributed by atoms with Gasteiger partial charge in [0, 0.05) is 38.3 Å². The second kappa shape index (κ2) is 6.21. The lowest BCUT2D eigenvalue weighted by Crippen LogP contribution is -2.46. The van der Waals surface area contributed by atoms with Crippen LogP contribution in [0.15, 0.2) is 18.2 Å². The molecular formula is C13H18ClN3O2. The van der Waals surface area contributed by atoms with Crippen LogP contribution < -0.4 is 4.90 Å². The molecule has 2 rings (SSSR count). The number of nitrogens with zero attached hydrogens (tertiary/aromatic N) is 3. The molecule has 19 heavy (non-hydrogen) atoms. The first-order valence-electron chi connectivity index (χ1n) is 6.53. The summed E-state index contributed by atoms with van der Waals surface area (Å²) in [5, 5.41) is 11.1. The van der Waals surface area contributed by atoms with Gasteiger partial charge in [0.25, 0.3) is 5.69 Å². The maximum atomic E-state index is 10.7. The van der Waals surface area contributed by atoms with Crippen molar-refractivity contribution in [3.63, 3.8) is 0 Å². The minimum absolute atomic E-state index is 0.0402. The molecule has 1 aromatic rings. The Kier molecular flexibility index (Phi) is 4.61. The standard InChI is InChI=1S/C13H18ClN3O2/c1-2-5-15-6-8-16(9-7-15)13-4-3-11(17(18)19)10-12(13)14/h3-4,10H,2,5-9H2,1H3. The van der Waals surface area contributed by atoms with Crippen molar-refractivity contribution in [2.45, 2.75) is 13.3 Å². The number of anilines is 1. The van der Waals surface area contributed by atoms with Crippen molar-refractivity contribution >= 4 is 23.0 Å². The zero-order chi connectivity index (χ0) is 13.8. The minimum Gasteiger partial charge on any atom is -0.368 e. The van der Waals surface area contributed by atoms with Crippen LogP contribution >= 0.6 is 11.6 Å². The molecule has 5 nitrogen and oxygen atoms in total. The van der Waals surface area contributed by atoms with E-state index in [1.807, 2.05) is 0 Å². The molecule has 0 spiro atoms. The van der Waals surface area contributed by atoms with Crippen LogP contribution in [0.2, 0.25) is 5.02 Å². The summed E-state index contributed by atoms with van der Waals surface area (Å²) in [6.07, 6.45) is 1.16. The first-order chi connectivity index (χ1) is 9.11. The lowest BCUT2D eigenvalue weighted by molar-refractivity contribution is -0.384.